The molecule has 0 bridgehead atoms. The van der Waals surface area contributed by atoms with Crippen LogP contribution in [0.25, 0.3) is 0 Å². The summed E-state index contributed by atoms with van der Waals surface area (Å²) in [4.78, 5) is 14.0. The lowest BCUT2D eigenvalue weighted by atomic mass is 10.0. The van der Waals surface area contributed by atoms with E-state index in [0.29, 0.717) is 19.1 Å². The number of hydrogen-bond donors (Lipinski definition) is 2. The molecule has 1 aromatic heterocycles. The van der Waals surface area contributed by atoms with E-state index in [-0.39, 0.29) is 17.6 Å². The summed E-state index contributed by atoms with van der Waals surface area (Å²) in [5, 5.41) is 16.7. The van der Waals surface area contributed by atoms with Crippen LogP contribution in [0.1, 0.15) is 31.3 Å². The van der Waals surface area contributed by atoms with E-state index in [9.17, 15) is 9.90 Å². The third kappa shape index (κ3) is 2.54. The molecule has 1 fully saturated rings. The number of likely N-dealkylation sites (tertiary alicyclic amines) is 1. The third-order valence-electron chi connectivity index (χ3n) is 3.40. The zero-order chi connectivity index (χ0) is 13.3. The number of aliphatic hydroxyl groups is 1. The van der Waals surface area contributed by atoms with Gasteiger partial charge in [-0.2, -0.15) is 0 Å². The Hall–Kier alpha value is -1.40. The zero-order valence-electron chi connectivity index (χ0n) is 10.9. The van der Waals surface area contributed by atoms with E-state index >= 15 is 0 Å². The summed E-state index contributed by atoms with van der Waals surface area (Å²) in [6.07, 6.45) is 1.35. The fraction of sp³-hybridized carbons (Fsp3) is 0.667. The van der Waals surface area contributed by atoms with Gasteiger partial charge in [0.1, 0.15) is 6.26 Å². The largest absolute Gasteiger partial charge is 0.387 e. The van der Waals surface area contributed by atoms with E-state index in [1.165, 1.54) is 12.3 Å². The van der Waals surface area contributed by atoms with Crippen molar-refractivity contribution >= 4 is 5.91 Å². The number of carbonyl (C=O) groups is 1. The maximum absolute atomic E-state index is 11.9. The minimum Gasteiger partial charge on any atom is -0.387 e. The summed E-state index contributed by atoms with van der Waals surface area (Å²) >= 11 is 0. The fourth-order valence-electron chi connectivity index (χ4n) is 2.17. The number of nitrogens with zero attached hydrogens (tertiary/aromatic N) is 2. The van der Waals surface area contributed by atoms with E-state index in [2.05, 4.69) is 33.7 Å². The lowest BCUT2D eigenvalue weighted by Crippen LogP contribution is -2.50. The predicted molar refractivity (Wildman–Crippen MR) is 65.1 cm³/mol. The van der Waals surface area contributed by atoms with Gasteiger partial charge in [0.25, 0.3) is 5.91 Å². The van der Waals surface area contributed by atoms with Gasteiger partial charge in [-0.15, -0.1) is 0 Å². The number of aromatic nitrogens is 1. The predicted octanol–water partition coefficient (Wildman–Crippen LogP) is 0.248. The Kier molecular flexibility index (Phi) is 3.41. The Bertz CT molecular complexity index is 414. The van der Waals surface area contributed by atoms with Crippen LogP contribution in [0.3, 0.4) is 0 Å². The Morgan fingerprint density at radius 3 is 2.94 bits per heavy atom. The van der Waals surface area contributed by atoms with Gasteiger partial charge in [-0.3, -0.25) is 9.69 Å². The van der Waals surface area contributed by atoms with Gasteiger partial charge in [0.15, 0.2) is 5.69 Å². The Labute approximate surface area is 106 Å². The van der Waals surface area contributed by atoms with Crippen LogP contribution in [0, 0.1) is 0 Å². The monoisotopic (exact) mass is 253 g/mol. The quantitative estimate of drug-likeness (QED) is 0.807. The van der Waals surface area contributed by atoms with Crippen LogP contribution in [0.4, 0.5) is 0 Å². The highest BCUT2D eigenvalue weighted by molar-refractivity contribution is 5.92. The number of hydrogen-bond acceptors (Lipinski definition) is 5. The molecule has 0 aromatic carbocycles. The number of amides is 1. The molecule has 1 amide bonds. The second kappa shape index (κ2) is 4.70. The molecule has 2 rings (SSSR count). The molecule has 100 valence electrons. The van der Waals surface area contributed by atoms with Gasteiger partial charge in [0, 0.05) is 25.2 Å². The second-order valence-corrected chi connectivity index (χ2v) is 5.29. The first kappa shape index (κ1) is 13.0. The topological polar surface area (TPSA) is 78.6 Å². The molecule has 0 spiro atoms. The molecule has 1 aliphatic heterocycles. The molecule has 2 heterocycles. The molecule has 2 atom stereocenters. The summed E-state index contributed by atoms with van der Waals surface area (Å²) in [5.41, 5.74) is -0.697. The minimum atomic E-state index is -0.927. The van der Waals surface area contributed by atoms with Crippen LogP contribution < -0.4 is 5.32 Å². The molecule has 6 nitrogen and oxygen atoms in total. The van der Waals surface area contributed by atoms with Crippen molar-refractivity contribution in [3.05, 3.63) is 18.0 Å². The van der Waals surface area contributed by atoms with E-state index < -0.39 is 5.60 Å². The van der Waals surface area contributed by atoms with Gasteiger partial charge in [0.2, 0.25) is 0 Å². The molecular formula is C12H19N3O3. The van der Waals surface area contributed by atoms with Crippen molar-refractivity contribution < 1.29 is 14.4 Å². The van der Waals surface area contributed by atoms with Gasteiger partial charge in [-0.25, -0.2) is 0 Å². The first-order valence-electron chi connectivity index (χ1n) is 6.08. The Balaban J connectivity index is 2.03. The number of β-amino-alcohol motifs (C(OH)–C–C–N with tert-alkyl or cyclic N) is 1. The molecule has 0 saturated carbocycles. The van der Waals surface area contributed by atoms with Gasteiger partial charge in [-0.1, -0.05) is 5.16 Å². The average Bonchev–Trinajstić information content (AvgIpc) is 2.87. The van der Waals surface area contributed by atoms with Crippen LogP contribution >= 0.6 is 0 Å². The van der Waals surface area contributed by atoms with E-state index in [1.54, 1.807) is 6.92 Å². The van der Waals surface area contributed by atoms with E-state index in [0.717, 1.165) is 0 Å². The summed E-state index contributed by atoms with van der Waals surface area (Å²) < 4.78 is 4.63. The molecule has 6 heteroatoms. The van der Waals surface area contributed by atoms with E-state index in [4.69, 9.17) is 0 Å². The van der Waals surface area contributed by atoms with Crippen LogP contribution in [-0.4, -0.2) is 51.8 Å². The highest BCUT2D eigenvalue weighted by Gasteiger charge is 2.43. The lowest BCUT2D eigenvalue weighted by Gasteiger charge is -2.24. The van der Waals surface area contributed by atoms with Crippen molar-refractivity contribution in [2.75, 3.05) is 13.1 Å². The standard InChI is InChI=1S/C12H19N3O3/c1-8(2)15-6-10(12(3,17)7-15)13-11(16)9-4-5-18-14-9/h4-5,8,10,17H,6-7H2,1-3H3,(H,13,16). The van der Waals surface area contributed by atoms with Gasteiger partial charge in [-0.05, 0) is 20.8 Å². The molecule has 18 heavy (non-hydrogen) atoms. The number of rotatable bonds is 3. The van der Waals surface area contributed by atoms with Crippen molar-refractivity contribution in [1.29, 1.82) is 0 Å². The maximum atomic E-state index is 11.9. The lowest BCUT2D eigenvalue weighted by molar-refractivity contribution is 0.0406. The number of nitrogens with one attached hydrogen (secondary N) is 1. The molecule has 2 unspecified atom stereocenters. The summed E-state index contributed by atoms with van der Waals surface area (Å²) in [7, 11) is 0. The maximum Gasteiger partial charge on any atom is 0.273 e. The molecule has 1 saturated heterocycles. The molecule has 0 aliphatic carbocycles. The molecular weight excluding hydrogens is 234 g/mol. The minimum absolute atomic E-state index is 0.230. The smallest absolute Gasteiger partial charge is 0.273 e. The average molecular weight is 253 g/mol. The van der Waals surface area contributed by atoms with Crippen molar-refractivity contribution in [2.45, 2.75) is 38.5 Å². The summed E-state index contributed by atoms with van der Waals surface area (Å²) in [6, 6.07) is 1.54. The number of carbonyl (C=O) groups excluding carboxylic acids is 1. The normalized spacial score (nSPS) is 28.8. The molecule has 1 aromatic rings. The molecule has 2 N–H and O–H groups in total. The van der Waals surface area contributed by atoms with Gasteiger partial charge < -0.3 is 14.9 Å². The Morgan fingerprint density at radius 1 is 1.72 bits per heavy atom. The highest BCUT2D eigenvalue weighted by atomic mass is 16.5. The summed E-state index contributed by atoms with van der Waals surface area (Å²) in [5.74, 6) is -0.320. The van der Waals surface area contributed by atoms with Crippen molar-refractivity contribution in [3.63, 3.8) is 0 Å². The third-order valence-corrected chi connectivity index (χ3v) is 3.40. The first-order chi connectivity index (χ1) is 8.40. The Morgan fingerprint density at radius 2 is 2.44 bits per heavy atom. The van der Waals surface area contributed by atoms with Crippen LogP contribution in [-0.2, 0) is 0 Å². The van der Waals surface area contributed by atoms with Gasteiger partial charge in [0.05, 0.1) is 11.6 Å². The fourth-order valence-corrected chi connectivity index (χ4v) is 2.17. The SMILES string of the molecule is CC(C)N1CC(NC(=O)c2ccon2)C(C)(O)C1. The zero-order valence-corrected chi connectivity index (χ0v) is 10.9. The first-order valence-corrected chi connectivity index (χ1v) is 6.08. The molecule has 0 radical (unpaired) electrons. The molecule has 1 aliphatic rings. The van der Waals surface area contributed by atoms with Crippen LogP contribution in [0.5, 0.6) is 0 Å². The summed E-state index contributed by atoms with van der Waals surface area (Å²) in [6.45, 7) is 7.06. The van der Waals surface area contributed by atoms with Crippen molar-refractivity contribution in [1.82, 2.24) is 15.4 Å². The van der Waals surface area contributed by atoms with Crippen molar-refractivity contribution in [2.24, 2.45) is 0 Å². The van der Waals surface area contributed by atoms with E-state index in [1.807, 2.05) is 0 Å². The highest BCUT2D eigenvalue weighted by Crippen LogP contribution is 2.23. The van der Waals surface area contributed by atoms with Gasteiger partial charge >= 0.3 is 0 Å². The van der Waals surface area contributed by atoms with Crippen LogP contribution in [0.15, 0.2) is 16.9 Å². The van der Waals surface area contributed by atoms with Crippen LogP contribution in [0.2, 0.25) is 0 Å². The van der Waals surface area contributed by atoms with Crippen molar-refractivity contribution in [3.8, 4) is 0 Å². The second-order valence-electron chi connectivity index (χ2n) is 5.29.